The molecule has 1 amide bonds. The summed E-state index contributed by atoms with van der Waals surface area (Å²) in [5.74, 6) is 2.98. The first-order chi connectivity index (χ1) is 17.2. The summed E-state index contributed by atoms with van der Waals surface area (Å²) < 4.78 is 17.0. The van der Waals surface area contributed by atoms with Crippen molar-refractivity contribution in [1.82, 2.24) is 14.9 Å². The topological polar surface area (TPSA) is 77.0 Å². The second-order valence-electron chi connectivity index (χ2n) is 8.43. The number of hydrogen-bond donors (Lipinski definition) is 0. The molecule has 0 N–H and O–H groups in total. The fourth-order valence-electron chi connectivity index (χ4n) is 4.57. The zero-order valence-electron chi connectivity index (χ0n) is 19.2. The van der Waals surface area contributed by atoms with E-state index in [1.807, 2.05) is 41.3 Å². The zero-order valence-corrected chi connectivity index (χ0v) is 20.0. The molecule has 1 atom stereocenters. The van der Waals surface area contributed by atoms with Gasteiger partial charge in [0.2, 0.25) is 6.10 Å². The second-order valence-corrected chi connectivity index (χ2v) is 9.29. The highest BCUT2D eigenvalue weighted by Gasteiger charge is 2.33. The van der Waals surface area contributed by atoms with Gasteiger partial charge in [-0.05, 0) is 29.8 Å². The van der Waals surface area contributed by atoms with Gasteiger partial charge in [-0.15, -0.1) is 11.3 Å². The fourth-order valence-corrected chi connectivity index (χ4v) is 5.48. The van der Waals surface area contributed by atoms with Crippen LogP contribution in [-0.4, -0.2) is 66.8 Å². The van der Waals surface area contributed by atoms with Gasteiger partial charge in [0, 0.05) is 37.1 Å². The summed E-state index contributed by atoms with van der Waals surface area (Å²) in [6, 6.07) is 15.5. The molecular weight excluding hydrogens is 464 g/mol. The average molecular weight is 489 g/mol. The molecule has 1 saturated heterocycles. The fraction of sp³-hybridized carbons (Fsp3) is 0.269. The molecule has 6 rings (SSSR count). The van der Waals surface area contributed by atoms with Crippen molar-refractivity contribution in [3.05, 3.63) is 60.2 Å². The lowest BCUT2D eigenvalue weighted by atomic mass is 10.1. The highest BCUT2D eigenvalue weighted by molar-refractivity contribution is 7.17. The van der Waals surface area contributed by atoms with Gasteiger partial charge in [0.25, 0.3) is 5.91 Å². The van der Waals surface area contributed by atoms with E-state index in [2.05, 4.69) is 32.4 Å². The summed E-state index contributed by atoms with van der Waals surface area (Å²) in [4.78, 5) is 27.3. The molecule has 8 nitrogen and oxygen atoms in total. The highest BCUT2D eigenvalue weighted by atomic mass is 32.1. The first kappa shape index (κ1) is 21.7. The molecule has 2 aliphatic heterocycles. The number of carbonyl (C=O) groups excluding carboxylic acids is 1. The molecule has 9 heteroatoms. The Labute approximate surface area is 206 Å². The predicted octanol–water partition coefficient (Wildman–Crippen LogP) is 3.86. The van der Waals surface area contributed by atoms with E-state index in [0.717, 1.165) is 32.9 Å². The van der Waals surface area contributed by atoms with Crippen molar-refractivity contribution < 1.29 is 19.0 Å². The molecule has 0 spiro atoms. The number of carbonyl (C=O) groups is 1. The minimum atomic E-state index is -0.624. The molecule has 0 saturated carbocycles. The SMILES string of the molecule is COc1ccc(-c2csc3ncnc(N4CCN(C(=O)[C@H]5COc6ccccc6O5)CC4)c23)cc1. The molecule has 0 bridgehead atoms. The maximum Gasteiger partial charge on any atom is 0.267 e. The highest BCUT2D eigenvalue weighted by Crippen LogP contribution is 2.38. The number of ether oxygens (including phenoxy) is 3. The molecule has 1 fully saturated rings. The third-order valence-corrected chi connectivity index (χ3v) is 7.31. The van der Waals surface area contributed by atoms with Crippen molar-refractivity contribution in [2.75, 3.05) is 44.8 Å². The summed E-state index contributed by atoms with van der Waals surface area (Å²) >= 11 is 1.61. The van der Waals surface area contributed by atoms with Crippen molar-refractivity contribution in [1.29, 1.82) is 0 Å². The van der Waals surface area contributed by atoms with Crippen LogP contribution in [0, 0.1) is 0 Å². The molecule has 2 aromatic carbocycles. The molecule has 35 heavy (non-hydrogen) atoms. The van der Waals surface area contributed by atoms with Crippen LogP contribution in [-0.2, 0) is 4.79 Å². The Kier molecular flexibility index (Phi) is 5.61. The van der Waals surface area contributed by atoms with E-state index in [1.54, 1.807) is 24.8 Å². The standard InChI is InChI=1S/C26H24N4O4S/c1-32-18-8-6-17(7-9-18)19-15-35-25-23(19)24(27-16-28-25)29-10-12-30(13-11-29)26(31)22-14-33-20-4-2-3-5-21(20)34-22/h2-9,15-16,22H,10-14H2,1H3/t22-/m1/s1. The van der Waals surface area contributed by atoms with Gasteiger partial charge in [-0.1, -0.05) is 24.3 Å². The molecular formula is C26H24N4O4S. The second kappa shape index (κ2) is 9.07. The average Bonchev–Trinajstić information content (AvgIpc) is 3.37. The minimum absolute atomic E-state index is 0.0403. The van der Waals surface area contributed by atoms with Gasteiger partial charge < -0.3 is 24.0 Å². The number of aromatic nitrogens is 2. The van der Waals surface area contributed by atoms with Gasteiger partial charge in [0.1, 0.15) is 29.3 Å². The van der Waals surface area contributed by atoms with E-state index in [0.29, 0.717) is 37.7 Å². The molecule has 0 radical (unpaired) electrons. The van der Waals surface area contributed by atoms with E-state index in [4.69, 9.17) is 14.2 Å². The Balaban J connectivity index is 1.19. The number of hydrogen-bond acceptors (Lipinski definition) is 8. The van der Waals surface area contributed by atoms with Crippen LogP contribution in [0.15, 0.2) is 60.2 Å². The molecule has 178 valence electrons. The summed E-state index contributed by atoms with van der Waals surface area (Å²) in [5.41, 5.74) is 2.20. The van der Waals surface area contributed by atoms with Crippen LogP contribution in [0.4, 0.5) is 5.82 Å². The van der Waals surface area contributed by atoms with Crippen molar-refractivity contribution in [3.8, 4) is 28.4 Å². The first-order valence-corrected chi connectivity index (χ1v) is 12.4. The molecule has 4 aromatic rings. The third kappa shape index (κ3) is 4.01. The Bertz CT molecular complexity index is 1370. The number of piperazine rings is 1. The molecule has 0 unspecified atom stereocenters. The predicted molar refractivity (Wildman–Crippen MR) is 135 cm³/mol. The van der Waals surface area contributed by atoms with Crippen molar-refractivity contribution >= 4 is 33.3 Å². The third-order valence-electron chi connectivity index (χ3n) is 6.43. The molecule has 2 aliphatic rings. The number of thiophene rings is 1. The van der Waals surface area contributed by atoms with E-state index in [-0.39, 0.29) is 12.5 Å². The van der Waals surface area contributed by atoms with Crippen LogP contribution in [0.2, 0.25) is 0 Å². The Morgan fingerprint density at radius 2 is 1.80 bits per heavy atom. The Hall–Kier alpha value is -3.85. The van der Waals surface area contributed by atoms with E-state index < -0.39 is 6.10 Å². The van der Waals surface area contributed by atoms with Gasteiger partial charge in [-0.25, -0.2) is 9.97 Å². The zero-order chi connectivity index (χ0) is 23.8. The number of methoxy groups -OCH3 is 1. The maximum atomic E-state index is 13.1. The number of fused-ring (bicyclic) bond motifs is 2. The smallest absolute Gasteiger partial charge is 0.267 e. The quantitative estimate of drug-likeness (QED) is 0.432. The molecule has 2 aromatic heterocycles. The summed E-state index contributed by atoms with van der Waals surface area (Å²) in [6.07, 6.45) is 0.995. The van der Waals surface area contributed by atoms with E-state index >= 15 is 0 Å². The first-order valence-electron chi connectivity index (χ1n) is 11.5. The van der Waals surface area contributed by atoms with Crippen molar-refractivity contribution in [3.63, 3.8) is 0 Å². The Morgan fingerprint density at radius 1 is 1.03 bits per heavy atom. The summed E-state index contributed by atoms with van der Waals surface area (Å²) in [6.45, 7) is 2.77. The number of para-hydroxylation sites is 2. The van der Waals surface area contributed by atoms with E-state index in [1.165, 1.54) is 0 Å². The number of amides is 1. The van der Waals surface area contributed by atoms with Crippen LogP contribution in [0.1, 0.15) is 0 Å². The number of anilines is 1. The largest absolute Gasteiger partial charge is 0.497 e. The van der Waals surface area contributed by atoms with Crippen LogP contribution < -0.4 is 19.1 Å². The molecule has 4 heterocycles. The van der Waals surface area contributed by atoms with Crippen molar-refractivity contribution in [2.24, 2.45) is 0 Å². The number of rotatable bonds is 4. The summed E-state index contributed by atoms with van der Waals surface area (Å²) in [5, 5.41) is 3.17. The van der Waals surface area contributed by atoms with Crippen LogP contribution in [0.25, 0.3) is 21.3 Å². The normalized spacial score (nSPS) is 17.5. The minimum Gasteiger partial charge on any atom is -0.497 e. The van der Waals surface area contributed by atoms with Gasteiger partial charge >= 0.3 is 0 Å². The van der Waals surface area contributed by atoms with Gasteiger partial charge in [0.05, 0.1) is 12.5 Å². The van der Waals surface area contributed by atoms with Gasteiger partial charge in [0.15, 0.2) is 11.5 Å². The lowest BCUT2D eigenvalue weighted by Crippen LogP contribution is -2.54. The van der Waals surface area contributed by atoms with E-state index in [9.17, 15) is 4.79 Å². The monoisotopic (exact) mass is 488 g/mol. The summed E-state index contributed by atoms with van der Waals surface area (Å²) in [7, 11) is 1.66. The van der Waals surface area contributed by atoms with Crippen LogP contribution in [0.3, 0.4) is 0 Å². The van der Waals surface area contributed by atoms with Gasteiger partial charge in [-0.3, -0.25) is 4.79 Å². The Morgan fingerprint density at radius 3 is 2.57 bits per heavy atom. The maximum absolute atomic E-state index is 13.1. The number of nitrogens with zero attached hydrogens (tertiary/aromatic N) is 4. The van der Waals surface area contributed by atoms with Crippen molar-refractivity contribution in [2.45, 2.75) is 6.10 Å². The lowest BCUT2D eigenvalue weighted by molar-refractivity contribution is -0.141. The van der Waals surface area contributed by atoms with Crippen LogP contribution >= 0.6 is 11.3 Å². The van der Waals surface area contributed by atoms with Crippen LogP contribution in [0.5, 0.6) is 17.2 Å². The number of benzene rings is 2. The molecule has 0 aliphatic carbocycles. The van der Waals surface area contributed by atoms with Gasteiger partial charge in [-0.2, -0.15) is 0 Å². The lowest BCUT2D eigenvalue weighted by Gasteiger charge is -2.37.